The van der Waals surface area contributed by atoms with E-state index in [9.17, 15) is 4.79 Å². The maximum absolute atomic E-state index is 11.4. The number of benzene rings is 1. The number of halogens is 1. The van der Waals surface area contributed by atoms with Gasteiger partial charge in [0.05, 0.1) is 5.56 Å². The van der Waals surface area contributed by atoms with Gasteiger partial charge in [-0.1, -0.05) is 23.7 Å². The second-order valence-electron chi connectivity index (χ2n) is 3.58. The van der Waals surface area contributed by atoms with Crippen molar-refractivity contribution in [2.45, 2.75) is 0 Å². The SMILES string of the molecule is CNC(=O)c1cnc(-c2cccc(Cl)c2)nc1N. The molecule has 1 amide bonds. The molecule has 92 valence electrons. The standard InChI is InChI=1S/C12H11ClN4O/c1-15-12(18)9-6-16-11(17-10(9)14)7-3-2-4-8(13)5-7/h2-6H,1H3,(H,15,18)(H2,14,16,17). The molecular weight excluding hydrogens is 252 g/mol. The average molecular weight is 263 g/mol. The number of nitrogen functional groups attached to an aromatic ring is 1. The number of rotatable bonds is 2. The number of carbonyl (C=O) groups is 1. The van der Waals surface area contributed by atoms with Crippen LogP contribution >= 0.6 is 11.6 Å². The van der Waals surface area contributed by atoms with Crippen molar-refractivity contribution in [3.8, 4) is 11.4 Å². The summed E-state index contributed by atoms with van der Waals surface area (Å²) in [5.41, 5.74) is 6.73. The highest BCUT2D eigenvalue weighted by atomic mass is 35.5. The molecule has 1 aromatic carbocycles. The number of amides is 1. The maximum atomic E-state index is 11.4. The average Bonchev–Trinajstić information content (AvgIpc) is 2.37. The molecule has 0 saturated heterocycles. The highest BCUT2D eigenvalue weighted by molar-refractivity contribution is 6.30. The molecule has 2 rings (SSSR count). The number of anilines is 1. The Morgan fingerprint density at radius 3 is 2.83 bits per heavy atom. The molecule has 1 heterocycles. The number of nitrogens with one attached hydrogen (secondary N) is 1. The monoisotopic (exact) mass is 262 g/mol. The molecule has 1 aromatic heterocycles. The summed E-state index contributed by atoms with van der Waals surface area (Å²) in [5.74, 6) is 0.257. The largest absolute Gasteiger partial charge is 0.383 e. The molecule has 18 heavy (non-hydrogen) atoms. The molecule has 6 heteroatoms. The molecular formula is C12H11ClN4O. The molecule has 0 spiro atoms. The van der Waals surface area contributed by atoms with Gasteiger partial charge in [-0.25, -0.2) is 9.97 Å². The highest BCUT2D eigenvalue weighted by Crippen LogP contribution is 2.20. The summed E-state index contributed by atoms with van der Waals surface area (Å²) in [5, 5.41) is 3.06. The topological polar surface area (TPSA) is 80.9 Å². The molecule has 0 aliphatic heterocycles. The van der Waals surface area contributed by atoms with E-state index in [1.54, 1.807) is 18.2 Å². The molecule has 0 saturated carbocycles. The zero-order chi connectivity index (χ0) is 13.1. The molecule has 0 unspecified atom stereocenters. The first-order chi connectivity index (χ1) is 8.61. The van der Waals surface area contributed by atoms with Crippen molar-refractivity contribution in [3.05, 3.63) is 41.0 Å². The lowest BCUT2D eigenvalue weighted by molar-refractivity contribution is 0.0963. The van der Waals surface area contributed by atoms with Crippen molar-refractivity contribution < 1.29 is 4.79 Å². The van der Waals surface area contributed by atoms with Crippen LogP contribution in [-0.4, -0.2) is 22.9 Å². The van der Waals surface area contributed by atoms with Crippen molar-refractivity contribution in [2.75, 3.05) is 12.8 Å². The van der Waals surface area contributed by atoms with Crippen molar-refractivity contribution in [3.63, 3.8) is 0 Å². The predicted octanol–water partition coefficient (Wildman–Crippen LogP) is 1.74. The lowest BCUT2D eigenvalue weighted by Gasteiger charge is -2.05. The summed E-state index contributed by atoms with van der Waals surface area (Å²) in [4.78, 5) is 19.7. The third kappa shape index (κ3) is 2.41. The van der Waals surface area contributed by atoms with E-state index in [0.717, 1.165) is 5.56 Å². The summed E-state index contributed by atoms with van der Waals surface area (Å²) in [6, 6.07) is 7.10. The van der Waals surface area contributed by atoms with E-state index < -0.39 is 0 Å². The highest BCUT2D eigenvalue weighted by Gasteiger charge is 2.11. The van der Waals surface area contributed by atoms with Gasteiger partial charge in [0.2, 0.25) is 0 Å². The molecule has 0 atom stereocenters. The van der Waals surface area contributed by atoms with Crippen LogP contribution < -0.4 is 11.1 Å². The Bertz CT molecular complexity index is 600. The van der Waals surface area contributed by atoms with Crippen LogP contribution in [0.4, 0.5) is 5.82 Å². The second-order valence-corrected chi connectivity index (χ2v) is 4.02. The number of carbonyl (C=O) groups excluding carboxylic acids is 1. The van der Waals surface area contributed by atoms with Crippen molar-refractivity contribution in [1.29, 1.82) is 0 Å². The minimum Gasteiger partial charge on any atom is -0.383 e. The number of hydrogen-bond acceptors (Lipinski definition) is 4. The smallest absolute Gasteiger partial charge is 0.256 e. The van der Waals surface area contributed by atoms with E-state index in [1.807, 2.05) is 6.07 Å². The summed E-state index contributed by atoms with van der Waals surface area (Å²) in [6.45, 7) is 0. The van der Waals surface area contributed by atoms with Crippen LogP contribution in [0.3, 0.4) is 0 Å². The molecule has 2 aromatic rings. The normalized spacial score (nSPS) is 10.1. The van der Waals surface area contributed by atoms with Gasteiger partial charge in [-0.2, -0.15) is 0 Å². The third-order valence-electron chi connectivity index (χ3n) is 2.37. The van der Waals surface area contributed by atoms with Gasteiger partial charge in [-0.3, -0.25) is 4.79 Å². The van der Waals surface area contributed by atoms with Crippen LogP contribution in [0.15, 0.2) is 30.5 Å². The fourth-order valence-electron chi connectivity index (χ4n) is 1.47. The van der Waals surface area contributed by atoms with E-state index in [0.29, 0.717) is 10.8 Å². The maximum Gasteiger partial charge on any atom is 0.256 e. The van der Waals surface area contributed by atoms with Crippen LogP contribution in [0.1, 0.15) is 10.4 Å². The van der Waals surface area contributed by atoms with Crippen LogP contribution in [0.2, 0.25) is 5.02 Å². The second kappa shape index (κ2) is 5.01. The third-order valence-corrected chi connectivity index (χ3v) is 2.61. The molecule has 3 N–H and O–H groups in total. The lowest BCUT2D eigenvalue weighted by atomic mass is 10.2. The van der Waals surface area contributed by atoms with Gasteiger partial charge in [0.15, 0.2) is 5.82 Å². The van der Waals surface area contributed by atoms with Gasteiger partial charge in [-0.15, -0.1) is 0 Å². The Labute approximate surface area is 109 Å². The van der Waals surface area contributed by atoms with E-state index in [2.05, 4.69) is 15.3 Å². The first-order valence-corrected chi connectivity index (χ1v) is 5.60. The van der Waals surface area contributed by atoms with Gasteiger partial charge in [0.25, 0.3) is 5.91 Å². The zero-order valence-corrected chi connectivity index (χ0v) is 10.4. The number of hydrogen-bond donors (Lipinski definition) is 2. The number of aromatic nitrogens is 2. The van der Waals surface area contributed by atoms with E-state index in [-0.39, 0.29) is 17.3 Å². The van der Waals surface area contributed by atoms with E-state index in [1.165, 1.54) is 13.2 Å². The van der Waals surface area contributed by atoms with Crippen molar-refractivity contribution in [2.24, 2.45) is 0 Å². The van der Waals surface area contributed by atoms with E-state index in [4.69, 9.17) is 17.3 Å². The molecule has 0 aliphatic rings. The Morgan fingerprint density at radius 2 is 2.22 bits per heavy atom. The molecule has 0 aliphatic carbocycles. The number of nitrogens with two attached hydrogens (primary N) is 1. The molecule has 0 bridgehead atoms. The summed E-state index contributed by atoms with van der Waals surface area (Å²) in [6.07, 6.45) is 1.40. The van der Waals surface area contributed by atoms with E-state index >= 15 is 0 Å². The molecule has 0 fully saturated rings. The van der Waals surface area contributed by atoms with Gasteiger partial charge < -0.3 is 11.1 Å². The van der Waals surface area contributed by atoms with Gasteiger partial charge in [0.1, 0.15) is 5.82 Å². The first-order valence-electron chi connectivity index (χ1n) is 5.22. The van der Waals surface area contributed by atoms with Crippen molar-refractivity contribution >= 4 is 23.3 Å². The number of nitrogens with zero attached hydrogens (tertiary/aromatic N) is 2. The van der Waals surface area contributed by atoms with Crippen LogP contribution in [0.5, 0.6) is 0 Å². The molecule has 5 nitrogen and oxygen atoms in total. The predicted molar refractivity (Wildman–Crippen MR) is 70.3 cm³/mol. The van der Waals surface area contributed by atoms with Crippen molar-refractivity contribution in [1.82, 2.24) is 15.3 Å². The lowest BCUT2D eigenvalue weighted by Crippen LogP contribution is -2.20. The fourth-order valence-corrected chi connectivity index (χ4v) is 1.66. The van der Waals surface area contributed by atoms with Crippen LogP contribution in [0.25, 0.3) is 11.4 Å². The van der Waals surface area contributed by atoms with Gasteiger partial charge >= 0.3 is 0 Å². The van der Waals surface area contributed by atoms with Crippen LogP contribution in [-0.2, 0) is 0 Å². The zero-order valence-electron chi connectivity index (χ0n) is 9.64. The first kappa shape index (κ1) is 12.3. The van der Waals surface area contributed by atoms with Crippen LogP contribution in [0, 0.1) is 0 Å². The molecule has 0 radical (unpaired) electrons. The Kier molecular flexibility index (Phi) is 3.43. The summed E-state index contributed by atoms with van der Waals surface area (Å²) < 4.78 is 0. The summed E-state index contributed by atoms with van der Waals surface area (Å²) >= 11 is 5.89. The summed E-state index contributed by atoms with van der Waals surface area (Å²) in [7, 11) is 1.52. The minimum absolute atomic E-state index is 0.138. The van der Waals surface area contributed by atoms with Gasteiger partial charge in [-0.05, 0) is 12.1 Å². The Morgan fingerprint density at radius 1 is 1.44 bits per heavy atom. The van der Waals surface area contributed by atoms with Gasteiger partial charge in [0, 0.05) is 23.8 Å². The minimum atomic E-state index is -0.315. The Hall–Kier alpha value is -2.14. The Balaban J connectivity index is 2.43. The fraction of sp³-hybridized carbons (Fsp3) is 0.0833. The quantitative estimate of drug-likeness (QED) is 0.864.